The number of benzene rings is 2. The zero-order valence-electron chi connectivity index (χ0n) is 13.9. The fourth-order valence-electron chi connectivity index (χ4n) is 2.58. The number of carbonyl (C=O) groups excluding carboxylic acids is 2. The molecule has 0 aliphatic carbocycles. The van der Waals surface area contributed by atoms with Gasteiger partial charge in [0.2, 0.25) is 11.8 Å². The molecule has 0 spiro atoms. The molecule has 0 bridgehead atoms. The van der Waals surface area contributed by atoms with E-state index < -0.39 is 4.92 Å². The Labute approximate surface area is 150 Å². The van der Waals surface area contributed by atoms with E-state index in [9.17, 15) is 19.7 Å². The van der Waals surface area contributed by atoms with Gasteiger partial charge < -0.3 is 5.32 Å². The van der Waals surface area contributed by atoms with Crippen LogP contribution in [0, 0.1) is 10.1 Å². The van der Waals surface area contributed by atoms with Crippen LogP contribution < -0.4 is 5.32 Å². The van der Waals surface area contributed by atoms with Crippen LogP contribution in [0.2, 0.25) is 0 Å². The van der Waals surface area contributed by atoms with Crippen molar-refractivity contribution in [1.29, 1.82) is 0 Å². The van der Waals surface area contributed by atoms with Crippen molar-refractivity contribution in [2.45, 2.75) is 12.8 Å². The van der Waals surface area contributed by atoms with E-state index in [1.54, 1.807) is 12.1 Å². The Kier molecular flexibility index (Phi) is 5.07. The van der Waals surface area contributed by atoms with Crippen molar-refractivity contribution in [3.05, 3.63) is 69.8 Å². The summed E-state index contributed by atoms with van der Waals surface area (Å²) in [5.41, 5.74) is 2.70. The van der Waals surface area contributed by atoms with Crippen LogP contribution in [0.5, 0.6) is 0 Å². The number of carbonyl (C=O) groups is 2. The third kappa shape index (κ3) is 4.13. The van der Waals surface area contributed by atoms with Crippen molar-refractivity contribution in [2.75, 3.05) is 12.0 Å². The van der Waals surface area contributed by atoms with Gasteiger partial charge >= 0.3 is 0 Å². The first-order valence-electron chi connectivity index (χ1n) is 8.12. The first-order chi connectivity index (χ1) is 12.5. The summed E-state index contributed by atoms with van der Waals surface area (Å²) in [6.07, 6.45) is 4.34. The first-order valence-corrected chi connectivity index (χ1v) is 8.12. The van der Waals surface area contributed by atoms with Crippen LogP contribution in [-0.4, -0.2) is 28.3 Å². The highest BCUT2D eigenvalue weighted by atomic mass is 16.6. The van der Waals surface area contributed by atoms with Crippen molar-refractivity contribution in [1.82, 2.24) is 4.90 Å². The summed E-state index contributed by atoms with van der Waals surface area (Å²) in [4.78, 5) is 34.5. The molecule has 2 amide bonds. The number of nitro groups is 1. The Bertz CT molecular complexity index is 841. The molecule has 1 N–H and O–H groups in total. The molecule has 1 aliphatic rings. The topological polar surface area (TPSA) is 92.6 Å². The van der Waals surface area contributed by atoms with E-state index in [0.717, 1.165) is 16.8 Å². The van der Waals surface area contributed by atoms with Crippen LogP contribution in [0.15, 0.2) is 48.5 Å². The Morgan fingerprint density at radius 1 is 0.923 bits per heavy atom. The van der Waals surface area contributed by atoms with Crippen LogP contribution in [0.1, 0.15) is 24.0 Å². The molecule has 7 heteroatoms. The maximum atomic E-state index is 11.6. The number of amides is 2. The van der Waals surface area contributed by atoms with E-state index in [1.165, 1.54) is 17.0 Å². The lowest BCUT2D eigenvalue weighted by Gasteiger charge is -2.15. The molecule has 26 heavy (non-hydrogen) atoms. The number of anilines is 1. The van der Waals surface area contributed by atoms with Crippen LogP contribution >= 0.6 is 0 Å². The molecule has 3 rings (SSSR count). The van der Waals surface area contributed by atoms with E-state index in [1.807, 2.05) is 36.4 Å². The summed E-state index contributed by atoms with van der Waals surface area (Å²) in [6, 6.07) is 13.8. The molecule has 0 saturated carbocycles. The quantitative estimate of drug-likeness (QED) is 0.373. The van der Waals surface area contributed by atoms with Crippen LogP contribution in [-0.2, 0) is 9.59 Å². The van der Waals surface area contributed by atoms with Crippen LogP contribution in [0.3, 0.4) is 0 Å². The third-order valence-corrected chi connectivity index (χ3v) is 4.08. The van der Waals surface area contributed by atoms with Gasteiger partial charge in [-0.05, 0) is 35.4 Å². The van der Waals surface area contributed by atoms with Gasteiger partial charge in [-0.25, -0.2) is 0 Å². The molecule has 1 heterocycles. The average Bonchev–Trinajstić information content (AvgIpc) is 2.97. The molecule has 0 aromatic heterocycles. The molecule has 1 fully saturated rings. The number of nitrogens with zero attached hydrogens (tertiary/aromatic N) is 2. The van der Waals surface area contributed by atoms with Crippen LogP contribution in [0.25, 0.3) is 12.2 Å². The molecule has 132 valence electrons. The molecule has 1 saturated heterocycles. The molecule has 0 atom stereocenters. The number of nitro benzene ring substituents is 1. The summed E-state index contributed by atoms with van der Waals surface area (Å²) >= 11 is 0. The fraction of sp³-hybridized carbons (Fsp3) is 0.158. The molecule has 2 aromatic carbocycles. The minimum atomic E-state index is -0.428. The average molecular weight is 351 g/mol. The standard InChI is InChI=1S/C19H17N3O4/c23-18-11-12-19(24)21(18)13-20-16-7-3-14(4-8-16)1-2-15-5-9-17(10-6-15)22(25)26/h1-10,20H,11-13H2/b2-1+. The minimum absolute atomic E-state index is 0.0625. The number of non-ortho nitro benzene ring substituents is 1. The molecule has 2 aromatic rings. The predicted octanol–water partition coefficient (Wildman–Crippen LogP) is 3.28. The Balaban J connectivity index is 1.58. The summed E-state index contributed by atoms with van der Waals surface area (Å²) in [5, 5.41) is 13.7. The van der Waals surface area contributed by atoms with Gasteiger partial charge in [0.15, 0.2) is 0 Å². The van der Waals surface area contributed by atoms with Crippen molar-refractivity contribution < 1.29 is 14.5 Å². The van der Waals surface area contributed by atoms with Gasteiger partial charge in [-0.15, -0.1) is 0 Å². The van der Waals surface area contributed by atoms with E-state index >= 15 is 0 Å². The Morgan fingerprint density at radius 3 is 1.92 bits per heavy atom. The van der Waals surface area contributed by atoms with Gasteiger partial charge in [0.05, 0.1) is 11.6 Å². The van der Waals surface area contributed by atoms with Gasteiger partial charge in [-0.1, -0.05) is 24.3 Å². The molecular weight excluding hydrogens is 334 g/mol. The minimum Gasteiger partial charge on any atom is -0.367 e. The summed E-state index contributed by atoms with van der Waals surface area (Å²) < 4.78 is 0. The summed E-state index contributed by atoms with van der Waals surface area (Å²) in [5.74, 6) is -0.296. The number of likely N-dealkylation sites (tertiary alicyclic amines) is 1. The van der Waals surface area contributed by atoms with Crippen molar-refractivity contribution in [3.8, 4) is 0 Å². The molecule has 7 nitrogen and oxygen atoms in total. The van der Waals surface area contributed by atoms with Crippen molar-refractivity contribution in [2.24, 2.45) is 0 Å². The SMILES string of the molecule is O=C1CCC(=O)N1CNc1ccc(/C=C/c2ccc([N+](=O)[O-])cc2)cc1. The monoisotopic (exact) mass is 351 g/mol. The molecular formula is C19H17N3O4. The number of rotatable bonds is 6. The van der Waals surface area contributed by atoms with Gasteiger partial charge in [0.1, 0.15) is 0 Å². The number of hydrogen-bond acceptors (Lipinski definition) is 5. The predicted molar refractivity (Wildman–Crippen MR) is 98.0 cm³/mol. The van der Waals surface area contributed by atoms with E-state index in [4.69, 9.17) is 0 Å². The highest BCUT2D eigenvalue weighted by Gasteiger charge is 2.28. The van der Waals surface area contributed by atoms with E-state index in [2.05, 4.69) is 5.32 Å². The lowest BCUT2D eigenvalue weighted by molar-refractivity contribution is -0.384. The fourth-order valence-corrected chi connectivity index (χ4v) is 2.58. The number of imide groups is 1. The zero-order valence-corrected chi connectivity index (χ0v) is 13.9. The molecule has 0 unspecified atom stereocenters. The highest BCUT2D eigenvalue weighted by molar-refractivity contribution is 6.02. The van der Waals surface area contributed by atoms with E-state index in [-0.39, 0.29) is 37.0 Å². The molecule has 0 radical (unpaired) electrons. The zero-order chi connectivity index (χ0) is 18.5. The summed E-state index contributed by atoms with van der Waals surface area (Å²) in [6.45, 7) is 0.176. The second-order valence-corrected chi connectivity index (χ2v) is 5.85. The third-order valence-electron chi connectivity index (χ3n) is 4.08. The van der Waals surface area contributed by atoms with Gasteiger partial charge in [0.25, 0.3) is 5.69 Å². The second kappa shape index (κ2) is 7.60. The Hall–Kier alpha value is -3.48. The largest absolute Gasteiger partial charge is 0.367 e. The lowest BCUT2D eigenvalue weighted by Crippen LogP contribution is -2.33. The number of nitrogens with one attached hydrogen (secondary N) is 1. The van der Waals surface area contributed by atoms with Crippen molar-refractivity contribution in [3.63, 3.8) is 0 Å². The Morgan fingerprint density at radius 2 is 1.42 bits per heavy atom. The maximum absolute atomic E-state index is 11.6. The second-order valence-electron chi connectivity index (χ2n) is 5.85. The van der Waals surface area contributed by atoms with Crippen molar-refractivity contribution >= 4 is 35.3 Å². The molecule has 1 aliphatic heterocycles. The highest BCUT2D eigenvalue weighted by Crippen LogP contribution is 2.17. The smallest absolute Gasteiger partial charge is 0.269 e. The lowest BCUT2D eigenvalue weighted by atomic mass is 10.1. The van der Waals surface area contributed by atoms with Gasteiger partial charge in [-0.3, -0.25) is 24.6 Å². The summed E-state index contributed by atoms with van der Waals surface area (Å²) in [7, 11) is 0. The van der Waals surface area contributed by atoms with Gasteiger partial charge in [-0.2, -0.15) is 0 Å². The van der Waals surface area contributed by atoms with Gasteiger partial charge in [0, 0.05) is 30.7 Å². The normalized spacial score (nSPS) is 14.2. The van der Waals surface area contributed by atoms with E-state index in [0.29, 0.717) is 0 Å². The maximum Gasteiger partial charge on any atom is 0.269 e. The first kappa shape index (κ1) is 17.3. The van der Waals surface area contributed by atoms with Crippen LogP contribution in [0.4, 0.5) is 11.4 Å². The number of hydrogen-bond donors (Lipinski definition) is 1.